The fourth-order valence-corrected chi connectivity index (χ4v) is 2.73. The minimum Gasteiger partial charge on any atom is -0.394 e. The fourth-order valence-electron chi connectivity index (χ4n) is 2.73. The highest BCUT2D eigenvalue weighted by Gasteiger charge is 2.29. The van der Waals surface area contributed by atoms with Crippen LogP contribution in [0.3, 0.4) is 0 Å². The molecule has 110 valence electrons. The number of carbonyl (C=O) groups excluding carboxylic acids is 1. The molecule has 1 fully saturated rings. The number of hydrogen-bond acceptors (Lipinski definition) is 2. The van der Waals surface area contributed by atoms with Crippen LogP contribution >= 0.6 is 0 Å². The van der Waals surface area contributed by atoms with Crippen LogP contribution in [-0.2, 0) is 5.41 Å². The Kier molecular flexibility index (Phi) is 4.33. The molecule has 0 saturated carbocycles. The van der Waals surface area contributed by atoms with Gasteiger partial charge in [0.05, 0.1) is 12.6 Å². The molecule has 4 nitrogen and oxygen atoms in total. The monoisotopic (exact) mass is 276 g/mol. The number of aliphatic hydroxyl groups is 1. The van der Waals surface area contributed by atoms with E-state index in [2.05, 4.69) is 26.1 Å². The molecule has 1 unspecified atom stereocenters. The van der Waals surface area contributed by atoms with Crippen molar-refractivity contribution in [2.75, 3.05) is 18.5 Å². The van der Waals surface area contributed by atoms with Gasteiger partial charge in [-0.05, 0) is 29.9 Å². The number of rotatable bonds is 2. The molecule has 0 aliphatic carbocycles. The van der Waals surface area contributed by atoms with E-state index in [4.69, 9.17) is 0 Å². The van der Waals surface area contributed by atoms with E-state index in [1.807, 2.05) is 24.3 Å². The van der Waals surface area contributed by atoms with Crippen molar-refractivity contribution < 1.29 is 9.90 Å². The molecule has 1 atom stereocenters. The van der Waals surface area contributed by atoms with Crippen LogP contribution in [0.15, 0.2) is 24.3 Å². The highest BCUT2D eigenvalue weighted by atomic mass is 16.3. The zero-order valence-corrected chi connectivity index (χ0v) is 12.5. The summed E-state index contributed by atoms with van der Waals surface area (Å²) < 4.78 is 0. The Bertz CT molecular complexity index is 480. The van der Waals surface area contributed by atoms with Gasteiger partial charge in [0.2, 0.25) is 0 Å². The van der Waals surface area contributed by atoms with Gasteiger partial charge in [0.25, 0.3) is 0 Å². The number of carbonyl (C=O) groups is 1. The third kappa shape index (κ3) is 3.12. The third-order valence-corrected chi connectivity index (χ3v) is 3.83. The Hall–Kier alpha value is -1.55. The molecule has 2 amide bonds. The van der Waals surface area contributed by atoms with Gasteiger partial charge in [0.1, 0.15) is 0 Å². The number of anilines is 1. The highest BCUT2D eigenvalue weighted by molar-refractivity contribution is 5.90. The lowest BCUT2D eigenvalue weighted by Crippen LogP contribution is -2.40. The molecule has 1 heterocycles. The molecule has 1 aliphatic heterocycles. The van der Waals surface area contributed by atoms with Crippen LogP contribution in [0, 0.1) is 0 Å². The second kappa shape index (κ2) is 5.83. The molecule has 0 radical (unpaired) electrons. The van der Waals surface area contributed by atoms with E-state index < -0.39 is 0 Å². The van der Waals surface area contributed by atoms with E-state index in [0.29, 0.717) is 0 Å². The minimum atomic E-state index is -0.113. The van der Waals surface area contributed by atoms with Crippen molar-refractivity contribution in [1.82, 2.24) is 4.90 Å². The van der Waals surface area contributed by atoms with Crippen LogP contribution in [0.25, 0.3) is 0 Å². The SMILES string of the molecule is CC(C)(C)c1ccccc1NC(=O)N1CCCC1CO. The lowest BCUT2D eigenvalue weighted by Gasteiger charge is -2.27. The lowest BCUT2D eigenvalue weighted by molar-refractivity contribution is 0.166. The normalized spacial score (nSPS) is 19.2. The number of benzene rings is 1. The second-order valence-corrected chi connectivity index (χ2v) is 6.40. The van der Waals surface area contributed by atoms with E-state index >= 15 is 0 Å². The maximum atomic E-state index is 12.4. The van der Waals surface area contributed by atoms with Crippen molar-refractivity contribution >= 4 is 11.7 Å². The van der Waals surface area contributed by atoms with Crippen molar-refractivity contribution in [3.8, 4) is 0 Å². The predicted octanol–water partition coefficient (Wildman–Crippen LogP) is 2.97. The summed E-state index contributed by atoms with van der Waals surface area (Å²) >= 11 is 0. The fraction of sp³-hybridized carbons (Fsp3) is 0.562. The van der Waals surface area contributed by atoms with Gasteiger partial charge in [-0.25, -0.2) is 4.79 Å². The molecule has 1 saturated heterocycles. The molecule has 2 N–H and O–H groups in total. The maximum absolute atomic E-state index is 12.4. The minimum absolute atomic E-state index is 0.0226. The number of aliphatic hydroxyl groups excluding tert-OH is 1. The number of likely N-dealkylation sites (tertiary alicyclic amines) is 1. The summed E-state index contributed by atoms with van der Waals surface area (Å²) in [6.07, 6.45) is 1.84. The van der Waals surface area contributed by atoms with E-state index in [0.717, 1.165) is 30.6 Å². The van der Waals surface area contributed by atoms with Crippen molar-refractivity contribution in [2.45, 2.75) is 45.1 Å². The lowest BCUT2D eigenvalue weighted by atomic mass is 9.86. The average molecular weight is 276 g/mol. The summed E-state index contributed by atoms with van der Waals surface area (Å²) in [6.45, 7) is 7.14. The number of hydrogen-bond donors (Lipinski definition) is 2. The van der Waals surface area contributed by atoms with Crippen LogP contribution in [0.2, 0.25) is 0 Å². The van der Waals surface area contributed by atoms with Crippen LogP contribution in [0.1, 0.15) is 39.2 Å². The summed E-state index contributed by atoms with van der Waals surface area (Å²) in [5.74, 6) is 0. The quantitative estimate of drug-likeness (QED) is 0.872. The van der Waals surface area contributed by atoms with Gasteiger partial charge in [-0.2, -0.15) is 0 Å². The van der Waals surface area contributed by atoms with Crippen molar-refractivity contribution in [2.24, 2.45) is 0 Å². The molecular weight excluding hydrogens is 252 g/mol. The smallest absolute Gasteiger partial charge is 0.322 e. The van der Waals surface area contributed by atoms with E-state index in [-0.39, 0.29) is 24.1 Å². The Morgan fingerprint density at radius 3 is 2.75 bits per heavy atom. The predicted molar refractivity (Wildman–Crippen MR) is 81.0 cm³/mol. The van der Waals surface area contributed by atoms with Gasteiger partial charge < -0.3 is 15.3 Å². The van der Waals surface area contributed by atoms with E-state index in [1.165, 1.54) is 0 Å². The van der Waals surface area contributed by atoms with Gasteiger partial charge in [-0.15, -0.1) is 0 Å². The molecule has 0 bridgehead atoms. The molecule has 20 heavy (non-hydrogen) atoms. The summed E-state index contributed by atoms with van der Waals surface area (Å²) in [7, 11) is 0. The summed E-state index contributed by atoms with van der Waals surface area (Å²) in [4.78, 5) is 14.1. The Morgan fingerprint density at radius 2 is 2.10 bits per heavy atom. The molecule has 1 aliphatic rings. The summed E-state index contributed by atoms with van der Waals surface area (Å²) in [5, 5.41) is 12.3. The molecule has 1 aromatic rings. The van der Waals surface area contributed by atoms with Crippen LogP contribution in [0.4, 0.5) is 10.5 Å². The highest BCUT2D eigenvalue weighted by Crippen LogP contribution is 2.30. The maximum Gasteiger partial charge on any atom is 0.322 e. The average Bonchev–Trinajstić information content (AvgIpc) is 2.86. The van der Waals surface area contributed by atoms with Gasteiger partial charge in [0.15, 0.2) is 0 Å². The molecule has 0 spiro atoms. The Labute approximate surface area is 120 Å². The largest absolute Gasteiger partial charge is 0.394 e. The summed E-state index contributed by atoms with van der Waals surface area (Å²) in [6, 6.07) is 7.74. The zero-order valence-electron chi connectivity index (χ0n) is 12.5. The Balaban J connectivity index is 2.16. The molecule has 2 rings (SSSR count). The molecule has 0 aromatic heterocycles. The standard InChI is InChI=1S/C16H24N2O2/c1-16(2,3)13-8-4-5-9-14(13)17-15(20)18-10-6-7-12(18)11-19/h4-5,8-9,12,19H,6-7,10-11H2,1-3H3,(H,17,20). The Morgan fingerprint density at radius 1 is 1.40 bits per heavy atom. The van der Waals surface area contributed by atoms with Gasteiger partial charge in [0, 0.05) is 12.2 Å². The van der Waals surface area contributed by atoms with Crippen LogP contribution < -0.4 is 5.32 Å². The van der Waals surface area contributed by atoms with Gasteiger partial charge in [-0.1, -0.05) is 39.0 Å². The summed E-state index contributed by atoms with van der Waals surface area (Å²) in [5.41, 5.74) is 1.95. The first-order chi connectivity index (χ1) is 9.43. The molecule has 4 heteroatoms. The number of urea groups is 1. The first kappa shape index (κ1) is 14.9. The van der Waals surface area contributed by atoms with Crippen molar-refractivity contribution in [1.29, 1.82) is 0 Å². The first-order valence-corrected chi connectivity index (χ1v) is 7.21. The zero-order chi connectivity index (χ0) is 14.8. The first-order valence-electron chi connectivity index (χ1n) is 7.21. The van der Waals surface area contributed by atoms with E-state index in [1.54, 1.807) is 4.90 Å². The van der Waals surface area contributed by atoms with Gasteiger partial charge in [-0.3, -0.25) is 0 Å². The number of amides is 2. The molecular formula is C16H24N2O2. The number of nitrogens with one attached hydrogen (secondary N) is 1. The van der Waals surface area contributed by atoms with Crippen LogP contribution in [-0.4, -0.2) is 35.2 Å². The van der Waals surface area contributed by atoms with Crippen molar-refractivity contribution in [3.05, 3.63) is 29.8 Å². The van der Waals surface area contributed by atoms with Crippen molar-refractivity contribution in [3.63, 3.8) is 0 Å². The molecule has 1 aromatic carbocycles. The number of para-hydroxylation sites is 1. The van der Waals surface area contributed by atoms with Gasteiger partial charge >= 0.3 is 6.03 Å². The second-order valence-electron chi connectivity index (χ2n) is 6.40. The van der Waals surface area contributed by atoms with Crippen LogP contribution in [0.5, 0.6) is 0 Å². The number of nitrogens with zero attached hydrogens (tertiary/aromatic N) is 1. The third-order valence-electron chi connectivity index (χ3n) is 3.83. The van der Waals surface area contributed by atoms with E-state index in [9.17, 15) is 9.90 Å². The topological polar surface area (TPSA) is 52.6 Å².